The maximum atomic E-state index is 12.9. The Morgan fingerprint density at radius 2 is 2.00 bits per heavy atom. The summed E-state index contributed by atoms with van der Waals surface area (Å²) in [7, 11) is 0. The van der Waals surface area contributed by atoms with Crippen LogP contribution >= 0.6 is 0 Å². The number of nitrogens with one attached hydrogen (secondary N) is 1. The molecule has 4 nitrogen and oxygen atoms in total. The van der Waals surface area contributed by atoms with Crippen LogP contribution in [-0.2, 0) is 10.2 Å². The second kappa shape index (κ2) is 6.63. The highest BCUT2D eigenvalue weighted by Crippen LogP contribution is 2.22. The van der Waals surface area contributed by atoms with E-state index in [1.165, 1.54) is 12.1 Å². The Kier molecular flexibility index (Phi) is 5.44. The first kappa shape index (κ1) is 15.6. The molecule has 0 aliphatic heterocycles. The molecule has 0 fully saturated rings. The van der Waals surface area contributed by atoms with Gasteiger partial charge in [0.2, 0.25) is 0 Å². The summed E-state index contributed by atoms with van der Waals surface area (Å²) in [4.78, 5) is 10.5. The lowest BCUT2D eigenvalue weighted by Crippen LogP contribution is -2.41. The topological polar surface area (TPSA) is 75.3 Å². The van der Waals surface area contributed by atoms with Crippen LogP contribution in [0.4, 0.5) is 4.39 Å². The van der Waals surface area contributed by atoms with Crippen LogP contribution in [0.5, 0.6) is 0 Å². The van der Waals surface area contributed by atoms with E-state index in [-0.39, 0.29) is 17.7 Å². The van der Waals surface area contributed by atoms with Crippen molar-refractivity contribution in [2.45, 2.75) is 31.7 Å². The minimum atomic E-state index is -0.896. The first-order valence-corrected chi connectivity index (χ1v) is 6.25. The molecule has 1 atom stereocenters. The van der Waals surface area contributed by atoms with E-state index in [0.717, 1.165) is 5.56 Å². The molecule has 106 valence electrons. The Bertz CT molecular complexity index is 418. The maximum Gasteiger partial charge on any atom is 0.304 e. The van der Waals surface area contributed by atoms with Crippen molar-refractivity contribution in [2.75, 3.05) is 13.1 Å². The number of carboxylic acids is 1. The summed E-state index contributed by atoms with van der Waals surface area (Å²) >= 11 is 0. The van der Waals surface area contributed by atoms with Crippen molar-refractivity contribution in [1.82, 2.24) is 5.32 Å². The van der Waals surface area contributed by atoms with E-state index in [1.807, 2.05) is 13.8 Å². The lowest BCUT2D eigenvalue weighted by Gasteiger charge is -2.26. The molecule has 0 bridgehead atoms. The molecule has 4 N–H and O–H groups in total. The quantitative estimate of drug-likeness (QED) is 0.700. The van der Waals surface area contributed by atoms with E-state index >= 15 is 0 Å². The predicted octanol–water partition coefficient (Wildman–Crippen LogP) is 1.49. The third-order valence-electron chi connectivity index (χ3n) is 3.04. The molecule has 0 heterocycles. The van der Waals surface area contributed by atoms with Crippen molar-refractivity contribution in [3.63, 3.8) is 0 Å². The van der Waals surface area contributed by atoms with Gasteiger partial charge in [0.05, 0.1) is 6.42 Å². The van der Waals surface area contributed by atoms with Gasteiger partial charge in [0.1, 0.15) is 5.82 Å². The van der Waals surface area contributed by atoms with E-state index in [2.05, 4.69) is 5.32 Å². The average Bonchev–Trinajstić information content (AvgIpc) is 2.28. The first-order valence-electron chi connectivity index (χ1n) is 6.25. The Hall–Kier alpha value is -1.46. The van der Waals surface area contributed by atoms with Crippen LogP contribution in [-0.4, -0.2) is 30.2 Å². The van der Waals surface area contributed by atoms with Gasteiger partial charge in [-0.1, -0.05) is 26.0 Å². The van der Waals surface area contributed by atoms with E-state index < -0.39 is 12.0 Å². The number of aliphatic carboxylic acids is 1. The van der Waals surface area contributed by atoms with Crippen molar-refractivity contribution >= 4 is 5.97 Å². The van der Waals surface area contributed by atoms with Crippen LogP contribution in [0.2, 0.25) is 0 Å². The van der Waals surface area contributed by atoms with Crippen LogP contribution in [0.3, 0.4) is 0 Å². The zero-order chi connectivity index (χ0) is 14.5. The normalized spacial score (nSPS) is 13.3. The number of carbonyl (C=O) groups is 1. The number of benzene rings is 1. The molecule has 0 aromatic heterocycles. The van der Waals surface area contributed by atoms with Gasteiger partial charge in [-0.05, 0) is 17.7 Å². The Balaban J connectivity index is 2.46. The largest absolute Gasteiger partial charge is 0.481 e. The van der Waals surface area contributed by atoms with Crippen LogP contribution in [0.15, 0.2) is 24.3 Å². The highest BCUT2D eigenvalue weighted by Gasteiger charge is 2.20. The van der Waals surface area contributed by atoms with Gasteiger partial charge in [0, 0.05) is 24.5 Å². The summed E-state index contributed by atoms with van der Waals surface area (Å²) in [5, 5.41) is 11.8. The van der Waals surface area contributed by atoms with Crippen molar-refractivity contribution < 1.29 is 14.3 Å². The molecule has 0 amide bonds. The Morgan fingerprint density at radius 3 is 2.53 bits per heavy atom. The number of rotatable bonds is 7. The summed E-state index contributed by atoms with van der Waals surface area (Å²) in [6.07, 6.45) is -0.0516. The molecule has 0 aliphatic carbocycles. The molecule has 0 saturated carbocycles. The SMILES string of the molecule is CC(C)(CNCC(N)CC(=O)O)c1ccc(F)cc1. The van der Waals surface area contributed by atoms with Gasteiger partial charge in [0.25, 0.3) is 0 Å². The molecular weight excluding hydrogens is 247 g/mol. The van der Waals surface area contributed by atoms with Gasteiger partial charge >= 0.3 is 5.97 Å². The summed E-state index contributed by atoms with van der Waals surface area (Å²) in [6, 6.07) is 5.99. The Labute approximate surface area is 112 Å². The fraction of sp³-hybridized carbons (Fsp3) is 0.500. The number of hydrogen-bond acceptors (Lipinski definition) is 3. The zero-order valence-electron chi connectivity index (χ0n) is 11.3. The van der Waals surface area contributed by atoms with Gasteiger partial charge in [-0.15, -0.1) is 0 Å². The summed E-state index contributed by atoms with van der Waals surface area (Å²) in [5.41, 5.74) is 6.52. The minimum absolute atomic E-state index is 0.0516. The highest BCUT2D eigenvalue weighted by atomic mass is 19.1. The molecule has 1 aromatic carbocycles. The third kappa shape index (κ3) is 5.36. The molecule has 0 aliphatic rings. The summed E-state index contributed by atoms with van der Waals surface area (Å²) in [6.45, 7) is 5.16. The first-order chi connectivity index (χ1) is 8.81. The minimum Gasteiger partial charge on any atom is -0.481 e. The van der Waals surface area contributed by atoms with Crippen molar-refractivity contribution in [3.8, 4) is 0 Å². The number of carboxylic acid groups (broad SMARTS) is 1. The lowest BCUT2D eigenvalue weighted by atomic mass is 9.84. The predicted molar refractivity (Wildman–Crippen MR) is 72.5 cm³/mol. The van der Waals surface area contributed by atoms with Gasteiger partial charge < -0.3 is 16.2 Å². The van der Waals surface area contributed by atoms with Gasteiger partial charge in [0.15, 0.2) is 0 Å². The molecule has 1 rings (SSSR count). The van der Waals surface area contributed by atoms with E-state index in [9.17, 15) is 9.18 Å². The Morgan fingerprint density at radius 1 is 1.42 bits per heavy atom. The van der Waals surface area contributed by atoms with E-state index in [1.54, 1.807) is 12.1 Å². The van der Waals surface area contributed by atoms with Crippen LogP contribution in [0.1, 0.15) is 25.8 Å². The molecular formula is C14H21FN2O2. The van der Waals surface area contributed by atoms with E-state index in [4.69, 9.17) is 10.8 Å². The van der Waals surface area contributed by atoms with Gasteiger partial charge in [-0.25, -0.2) is 4.39 Å². The smallest absolute Gasteiger partial charge is 0.304 e. The van der Waals surface area contributed by atoms with Crippen LogP contribution < -0.4 is 11.1 Å². The number of nitrogens with two attached hydrogens (primary N) is 1. The lowest BCUT2D eigenvalue weighted by molar-refractivity contribution is -0.137. The number of halogens is 1. The maximum absolute atomic E-state index is 12.9. The van der Waals surface area contributed by atoms with Crippen molar-refractivity contribution in [2.24, 2.45) is 5.73 Å². The standard InChI is InChI=1S/C14H21FN2O2/c1-14(2,10-3-5-11(15)6-4-10)9-17-8-12(16)7-13(18)19/h3-6,12,17H,7-9,16H2,1-2H3,(H,18,19). The van der Waals surface area contributed by atoms with Crippen molar-refractivity contribution in [3.05, 3.63) is 35.6 Å². The third-order valence-corrected chi connectivity index (χ3v) is 3.04. The molecule has 1 aromatic rings. The second-order valence-corrected chi connectivity index (χ2v) is 5.38. The molecule has 0 spiro atoms. The molecule has 0 radical (unpaired) electrons. The fourth-order valence-electron chi connectivity index (χ4n) is 1.87. The summed E-state index contributed by atoms with van der Waals surface area (Å²) < 4.78 is 12.9. The second-order valence-electron chi connectivity index (χ2n) is 5.38. The van der Waals surface area contributed by atoms with Gasteiger partial charge in [-0.3, -0.25) is 4.79 Å². The molecule has 1 unspecified atom stereocenters. The summed E-state index contributed by atoms with van der Waals surface area (Å²) in [5.74, 6) is -1.15. The fourth-order valence-corrected chi connectivity index (χ4v) is 1.87. The molecule has 0 saturated heterocycles. The highest BCUT2D eigenvalue weighted by molar-refractivity contribution is 5.67. The zero-order valence-corrected chi connectivity index (χ0v) is 11.3. The average molecular weight is 268 g/mol. The van der Waals surface area contributed by atoms with Crippen molar-refractivity contribution in [1.29, 1.82) is 0 Å². The van der Waals surface area contributed by atoms with E-state index in [0.29, 0.717) is 13.1 Å². The van der Waals surface area contributed by atoms with Crippen LogP contribution in [0, 0.1) is 5.82 Å². The van der Waals surface area contributed by atoms with Gasteiger partial charge in [-0.2, -0.15) is 0 Å². The van der Waals surface area contributed by atoms with Crippen LogP contribution in [0.25, 0.3) is 0 Å². The monoisotopic (exact) mass is 268 g/mol. The molecule has 5 heteroatoms. The molecule has 19 heavy (non-hydrogen) atoms. The number of hydrogen-bond donors (Lipinski definition) is 3.